The van der Waals surface area contributed by atoms with Crippen LogP contribution in [0.15, 0.2) is 0 Å². The van der Waals surface area contributed by atoms with E-state index in [9.17, 15) is 4.79 Å². The van der Waals surface area contributed by atoms with E-state index < -0.39 is 0 Å². The Morgan fingerprint density at radius 1 is 1.31 bits per heavy atom. The summed E-state index contributed by atoms with van der Waals surface area (Å²) in [6.07, 6.45) is 1.09. The number of rotatable bonds is 9. The summed E-state index contributed by atoms with van der Waals surface area (Å²) in [6, 6.07) is 0.540. The highest BCUT2D eigenvalue weighted by molar-refractivity contribution is 5.77. The first-order valence-electron chi connectivity index (χ1n) is 6.32. The Morgan fingerprint density at radius 3 is 2.50 bits per heavy atom. The standard InChI is InChI=1S/C12H27N3O/c1-5-13-12(16)10-15(6-2)9-7-8-14-11(3)4/h11,14H,5-10H2,1-4H3,(H,13,16). The van der Waals surface area contributed by atoms with Crippen molar-refractivity contribution in [3.05, 3.63) is 0 Å². The lowest BCUT2D eigenvalue weighted by atomic mass is 10.3. The third-order valence-corrected chi connectivity index (χ3v) is 2.39. The van der Waals surface area contributed by atoms with Gasteiger partial charge in [0.25, 0.3) is 0 Å². The molecule has 2 N–H and O–H groups in total. The van der Waals surface area contributed by atoms with Crippen LogP contribution in [0.1, 0.15) is 34.1 Å². The largest absolute Gasteiger partial charge is 0.355 e. The highest BCUT2D eigenvalue weighted by Gasteiger charge is 2.07. The predicted octanol–water partition coefficient (Wildman–Crippen LogP) is 0.833. The zero-order valence-electron chi connectivity index (χ0n) is 11.2. The van der Waals surface area contributed by atoms with Crippen molar-refractivity contribution >= 4 is 5.91 Å². The van der Waals surface area contributed by atoms with Crippen LogP contribution in [-0.2, 0) is 4.79 Å². The van der Waals surface area contributed by atoms with Crippen molar-refractivity contribution in [2.75, 3.05) is 32.7 Å². The number of carbonyl (C=O) groups excluding carboxylic acids is 1. The average molecular weight is 229 g/mol. The Balaban J connectivity index is 3.62. The number of hydrogen-bond donors (Lipinski definition) is 2. The molecular weight excluding hydrogens is 202 g/mol. The van der Waals surface area contributed by atoms with Crippen LogP contribution >= 0.6 is 0 Å². The fraction of sp³-hybridized carbons (Fsp3) is 0.917. The number of nitrogens with one attached hydrogen (secondary N) is 2. The van der Waals surface area contributed by atoms with E-state index in [2.05, 4.69) is 36.3 Å². The topological polar surface area (TPSA) is 44.4 Å². The van der Waals surface area contributed by atoms with Gasteiger partial charge >= 0.3 is 0 Å². The van der Waals surface area contributed by atoms with Gasteiger partial charge in [-0.25, -0.2) is 0 Å². The van der Waals surface area contributed by atoms with E-state index in [-0.39, 0.29) is 5.91 Å². The van der Waals surface area contributed by atoms with Crippen molar-refractivity contribution in [2.45, 2.75) is 40.2 Å². The first kappa shape index (κ1) is 15.4. The zero-order chi connectivity index (χ0) is 12.4. The molecular formula is C12H27N3O. The highest BCUT2D eigenvalue weighted by atomic mass is 16.2. The second kappa shape index (κ2) is 9.60. The summed E-state index contributed by atoms with van der Waals surface area (Å²) < 4.78 is 0. The molecule has 0 unspecified atom stereocenters. The molecule has 0 heterocycles. The molecule has 0 aliphatic carbocycles. The molecule has 0 saturated heterocycles. The van der Waals surface area contributed by atoms with E-state index in [4.69, 9.17) is 0 Å². The lowest BCUT2D eigenvalue weighted by Gasteiger charge is -2.20. The van der Waals surface area contributed by atoms with Crippen LogP contribution in [-0.4, -0.2) is 49.6 Å². The molecule has 0 aromatic carbocycles. The van der Waals surface area contributed by atoms with E-state index in [1.54, 1.807) is 0 Å². The third-order valence-electron chi connectivity index (χ3n) is 2.39. The van der Waals surface area contributed by atoms with Crippen LogP contribution in [0.25, 0.3) is 0 Å². The fourth-order valence-electron chi connectivity index (χ4n) is 1.50. The van der Waals surface area contributed by atoms with Crippen LogP contribution in [0.2, 0.25) is 0 Å². The summed E-state index contributed by atoms with van der Waals surface area (Å²) in [5, 5.41) is 6.20. The van der Waals surface area contributed by atoms with Crippen molar-refractivity contribution in [3.63, 3.8) is 0 Å². The molecule has 4 heteroatoms. The summed E-state index contributed by atoms with van der Waals surface area (Å²) >= 11 is 0. The van der Waals surface area contributed by atoms with Crippen LogP contribution in [0.4, 0.5) is 0 Å². The van der Waals surface area contributed by atoms with Crippen molar-refractivity contribution in [3.8, 4) is 0 Å². The molecule has 0 aliphatic heterocycles. The molecule has 96 valence electrons. The Kier molecular flexibility index (Phi) is 9.24. The normalized spacial score (nSPS) is 11.1. The quantitative estimate of drug-likeness (QED) is 0.576. The smallest absolute Gasteiger partial charge is 0.234 e. The Labute approximate surface area is 99.8 Å². The lowest BCUT2D eigenvalue weighted by Crippen LogP contribution is -2.38. The van der Waals surface area contributed by atoms with Crippen LogP contribution in [0.3, 0.4) is 0 Å². The van der Waals surface area contributed by atoms with Gasteiger partial charge < -0.3 is 10.6 Å². The first-order valence-corrected chi connectivity index (χ1v) is 6.32. The summed E-state index contributed by atoms with van der Waals surface area (Å²) in [5.41, 5.74) is 0. The molecule has 0 spiro atoms. The monoisotopic (exact) mass is 229 g/mol. The predicted molar refractivity (Wildman–Crippen MR) is 68.6 cm³/mol. The number of hydrogen-bond acceptors (Lipinski definition) is 3. The summed E-state index contributed by atoms with van der Waals surface area (Å²) in [4.78, 5) is 13.6. The molecule has 0 aliphatic rings. The first-order chi connectivity index (χ1) is 7.60. The van der Waals surface area contributed by atoms with Gasteiger partial charge in [-0.1, -0.05) is 20.8 Å². The fourth-order valence-corrected chi connectivity index (χ4v) is 1.50. The molecule has 0 atom stereocenters. The van der Waals surface area contributed by atoms with E-state index in [0.717, 1.165) is 26.1 Å². The molecule has 0 bridgehead atoms. The average Bonchev–Trinajstić information content (AvgIpc) is 2.22. The maximum atomic E-state index is 11.4. The van der Waals surface area contributed by atoms with Gasteiger partial charge in [-0.2, -0.15) is 0 Å². The number of carbonyl (C=O) groups is 1. The second-order valence-electron chi connectivity index (χ2n) is 4.28. The lowest BCUT2D eigenvalue weighted by molar-refractivity contribution is -0.122. The van der Waals surface area contributed by atoms with Gasteiger partial charge in [0, 0.05) is 12.6 Å². The van der Waals surface area contributed by atoms with E-state index in [1.807, 2.05) is 6.92 Å². The Bertz CT molecular complexity index is 183. The van der Waals surface area contributed by atoms with Gasteiger partial charge in [0.1, 0.15) is 0 Å². The highest BCUT2D eigenvalue weighted by Crippen LogP contribution is 1.91. The maximum Gasteiger partial charge on any atom is 0.234 e. The van der Waals surface area contributed by atoms with Crippen molar-refractivity contribution in [1.82, 2.24) is 15.5 Å². The molecule has 0 aromatic rings. The van der Waals surface area contributed by atoms with Gasteiger partial charge in [-0.05, 0) is 33.0 Å². The van der Waals surface area contributed by atoms with Crippen LogP contribution in [0, 0.1) is 0 Å². The van der Waals surface area contributed by atoms with Gasteiger partial charge in [0.15, 0.2) is 0 Å². The third kappa shape index (κ3) is 8.68. The van der Waals surface area contributed by atoms with Crippen molar-refractivity contribution < 1.29 is 4.79 Å². The van der Waals surface area contributed by atoms with Crippen LogP contribution in [0.5, 0.6) is 0 Å². The van der Waals surface area contributed by atoms with Gasteiger partial charge in [-0.15, -0.1) is 0 Å². The molecule has 0 radical (unpaired) electrons. The molecule has 0 rings (SSSR count). The Morgan fingerprint density at radius 2 is 2.00 bits per heavy atom. The minimum atomic E-state index is 0.126. The summed E-state index contributed by atoms with van der Waals surface area (Å²) in [5.74, 6) is 0.126. The van der Waals surface area contributed by atoms with Gasteiger partial charge in [0.05, 0.1) is 6.54 Å². The maximum absolute atomic E-state index is 11.4. The van der Waals surface area contributed by atoms with Gasteiger partial charge in [0.2, 0.25) is 5.91 Å². The van der Waals surface area contributed by atoms with E-state index >= 15 is 0 Å². The zero-order valence-corrected chi connectivity index (χ0v) is 11.2. The number of likely N-dealkylation sites (N-methyl/N-ethyl adjacent to an activating group) is 2. The molecule has 1 amide bonds. The SMILES string of the molecule is CCNC(=O)CN(CC)CCCNC(C)C. The molecule has 4 nitrogen and oxygen atoms in total. The molecule has 16 heavy (non-hydrogen) atoms. The minimum absolute atomic E-state index is 0.126. The second-order valence-corrected chi connectivity index (χ2v) is 4.28. The van der Waals surface area contributed by atoms with E-state index in [1.165, 1.54) is 0 Å². The minimum Gasteiger partial charge on any atom is -0.355 e. The molecule has 0 aromatic heterocycles. The van der Waals surface area contributed by atoms with Crippen molar-refractivity contribution in [1.29, 1.82) is 0 Å². The van der Waals surface area contributed by atoms with Gasteiger partial charge in [-0.3, -0.25) is 9.69 Å². The Hall–Kier alpha value is -0.610. The molecule has 0 saturated carbocycles. The molecule has 0 fully saturated rings. The summed E-state index contributed by atoms with van der Waals surface area (Å²) in [7, 11) is 0. The van der Waals surface area contributed by atoms with Crippen molar-refractivity contribution in [2.24, 2.45) is 0 Å². The van der Waals surface area contributed by atoms with Crippen LogP contribution < -0.4 is 10.6 Å². The number of nitrogens with zero attached hydrogens (tertiary/aromatic N) is 1. The number of amides is 1. The van der Waals surface area contributed by atoms with E-state index in [0.29, 0.717) is 19.1 Å². The summed E-state index contributed by atoms with van der Waals surface area (Å²) in [6.45, 7) is 12.5.